The minimum absolute atomic E-state index is 0.285. The maximum atomic E-state index is 6.95. The largest absolute Gasteiger partial charge is 0.327 e. The van der Waals surface area contributed by atoms with Crippen LogP contribution in [0.5, 0.6) is 0 Å². The first-order valence-electron chi connectivity index (χ1n) is 10.5. The van der Waals surface area contributed by atoms with Gasteiger partial charge in [-0.05, 0) is 59.7 Å². The number of anilines is 2. The standard InChI is InChI=1S/C25H19Cl2N5/c1-31(23-19-5-2-3-7-20(19)32-24(27)29-30-25(32)28-23)21-8-4-6-18(22(21)26)17-13-11-16(12-14-17)15-9-10-15/h2-8,11-15H,9-10H2,1H3. The van der Waals surface area contributed by atoms with Gasteiger partial charge in [-0.25, -0.2) is 4.40 Å². The highest BCUT2D eigenvalue weighted by atomic mass is 35.5. The van der Waals surface area contributed by atoms with E-state index < -0.39 is 0 Å². The fraction of sp³-hybridized carbons (Fsp3) is 0.160. The number of rotatable bonds is 4. The Balaban J connectivity index is 1.47. The SMILES string of the molecule is CN(c1cccc(-c2ccc(C3CC3)cc2)c1Cl)c1nc2nnc(Cl)n2c2ccccc12. The Morgan fingerprint density at radius 3 is 2.47 bits per heavy atom. The van der Waals surface area contributed by atoms with Crippen LogP contribution in [0.25, 0.3) is 27.8 Å². The van der Waals surface area contributed by atoms with Crippen LogP contribution in [0, 0.1) is 0 Å². The Morgan fingerprint density at radius 1 is 0.906 bits per heavy atom. The molecule has 1 fully saturated rings. The molecule has 6 rings (SSSR count). The fourth-order valence-corrected chi connectivity index (χ4v) is 4.84. The summed E-state index contributed by atoms with van der Waals surface area (Å²) in [4.78, 5) is 6.75. The first-order chi connectivity index (χ1) is 15.6. The lowest BCUT2D eigenvalue weighted by molar-refractivity contribution is 1.08. The van der Waals surface area contributed by atoms with Gasteiger partial charge in [-0.1, -0.05) is 60.1 Å². The maximum Gasteiger partial charge on any atom is 0.258 e. The van der Waals surface area contributed by atoms with Crippen molar-refractivity contribution in [1.82, 2.24) is 19.6 Å². The highest BCUT2D eigenvalue weighted by molar-refractivity contribution is 6.36. The molecule has 0 spiro atoms. The molecule has 5 aromatic rings. The molecule has 2 aromatic heterocycles. The van der Waals surface area contributed by atoms with Gasteiger partial charge in [-0.15, -0.1) is 10.2 Å². The summed E-state index contributed by atoms with van der Waals surface area (Å²) in [6, 6.07) is 22.8. The van der Waals surface area contributed by atoms with Crippen LogP contribution in [-0.4, -0.2) is 26.6 Å². The van der Waals surface area contributed by atoms with E-state index in [2.05, 4.69) is 40.5 Å². The van der Waals surface area contributed by atoms with Gasteiger partial charge in [-0.2, -0.15) is 4.98 Å². The second kappa shape index (κ2) is 7.47. The van der Waals surface area contributed by atoms with E-state index in [0.717, 1.165) is 39.5 Å². The van der Waals surface area contributed by atoms with Gasteiger partial charge >= 0.3 is 0 Å². The molecule has 7 heteroatoms. The molecule has 3 aromatic carbocycles. The molecule has 0 bridgehead atoms. The van der Waals surface area contributed by atoms with Crippen molar-refractivity contribution in [2.45, 2.75) is 18.8 Å². The second-order valence-corrected chi connectivity index (χ2v) is 8.87. The van der Waals surface area contributed by atoms with Gasteiger partial charge < -0.3 is 4.90 Å². The van der Waals surface area contributed by atoms with E-state index in [1.54, 1.807) is 4.40 Å². The molecule has 32 heavy (non-hydrogen) atoms. The van der Waals surface area contributed by atoms with Crippen LogP contribution in [0.4, 0.5) is 11.5 Å². The normalized spacial score (nSPS) is 13.7. The average Bonchev–Trinajstić information content (AvgIpc) is 3.61. The van der Waals surface area contributed by atoms with Crippen LogP contribution in [0.2, 0.25) is 10.3 Å². The fourth-order valence-electron chi connectivity index (χ4n) is 4.27. The molecular formula is C25H19Cl2N5. The minimum atomic E-state index is 0.285. The Labute approximate surface area is 195 Å². The number of para-hydroxylation sites is 1. The molecule has 1 saturated carbocycles. The van der Waals surface area contributed by atoms with Gasteiger partial charge in [0.1, 0.15) is 5.82 Å². The number of halogens is 2. The summed E-state index contributed by atoms with van der Waals surface area (Å²) in [5.74, 6) is 1.91. The molecule has 0 atom stereocenters. The highest BCUT2D eigenvalue weighted by Gasteiger charge is 2.23. The molecule has 5 nitrogen and oxygen atoms in total. The predicted molar refractivity (Wildman–Crippen MR) is 130 cm³/mol. The molecule has 2 heterocycles. The van der Waals surface area contributed by atoms with Crippen molar-refractivity contribution < 1.29 is 0 Å². The Kier molecular flexibility index (Phi) is 4.56. The summed E-state index contributed by atoms with van der Waals surface area (Å²) in [7, 11) is 1.96. The van der Waals surface area contributed by atoms with Crippen LogP contribution in [0.15, 0.2) is 66.7 Å². The highest BCUT2D eigenvalue weighted by Crippen LogP contribution is 2.42. The van der Waals surface area contributed by atoms with Crippen molar-refractivity contribution in [1.29, 1.82) is 0 Å². The first-order valence-corrected chi connectivity index (χ1v) is 11.3. The van der Waals surface area contributed by atoms with E-state index in [1.807, 2.05) is 48.3 Å². The van der Waals surface area contributed by atoms with Crippen molar-refractivity contribution in [3.8, 4) is 11.1 Å². The Hall–Kier alpha value is -3.15. The van der Waals surface area contributed by atoms with Crippen molar-refractivity contribution >= 4 is 51.4 Å². The first kappa shape index (κ1) is 19.5. The topological polar surface area (TPSA) is 46.3 Å². The van der Waals surface area contributed by atoms with Gasteiger partial charge in [0.2, 0.25) is 5.28 Å². The Bertz CT molecular complexity index is 1470. The van der Waals surface area contributed by atoms with Gasteiger partial charge in [0.05, 0.1) is 16.2 Å². The zero-order valence-electron chi connectivity index (χ0n) is 17.3. The lowest BCUT2D eigenvalue weighted by Crippen LogP contribution is -2.13. The van der Waals surface area contributed by atoms with Crippen LogP contribution in [0.1, 0.15) is 24.3 Å². The van der Waals surface area contributed by atoms with Gasteiger partial charge in [0.25, 0.3) is 5.78 Å². The van der Waals surface area contributed by atoms with Gasteiger partial charge in [0.15, 0.2) is 0 Å². The zero-order chi connectivity index (χ0) is 21.8. The van der Waals surface area contributed by atoms with Crippen molar-refractivity contribution in [3.63, 3.8) is 0 Å². The molecule has 1 aliphatic carbocycles. The maximum absolute atomic E-state index is 6.95. The summed E-state index contributed by atoms with van der Waals surface area (Å²) in [6.07, 6.45) is 2.59. The van der Waals surface area contributed by atoms with Crippen molar-refractivity contribution in [2.24, 2.45) is 0 Å². The van der Waals surface area contributed by atoms with Crippen LogP contribution >= 0.6 is 23.2 Å². The number of hydrogen-bond donors (Lipinski definition) is 0. The van der Waals surface area contributed by atoms with Gasteiger partial charge in [0, 0.05) is 18.0 Å². The number of fused-ring (bicyclic) bond motifs is 3. The smallest absolute Gasteiger partial charge is 0.258 e. The van der Waals surface area contributed by atoms with E-state index in [4.69, 9.17) is 28.2 Å². The summed E-state index contributed by atoms with van der Waals surface area (Å²) < 4.78 is 1.74. The molecule has 0 amide bonds. The van der Waals surface area contributed by atoms with Crippen LogP contribution in [0.3, 0.4) is 0 Å². The van der Waals surface area contributed by atoms with Crippen LogP contribution < -0.4 is 4.90 Å². The summed E-state index contributed by atoms with van der Waals surface area (Å²) in [5, 5.41) is 10.0. The molecule has 0 saturated heterocycles. The number of hydrogen-bond acceptors (Lipinski definition) is 4. The van der Waals surface area contributed by atoms with Crippen LogP contribution in [-0.2, 0) is 0 Å². The quantitative estimate of drug-likeness (QED) is 0.293. The van der Waals surface area contributed by atoms with E-state index in [-0.39, 0.29) is 5.28 Å². The summed E-state index contributed by atoms with van der Waals surface area (Å²) in [5.41, 5.74) is 5.26. The molecule has 158 valence electrons. The van der Waals surface area contributed by atoms with E-state index in [0.29, 0.717) is 10.8 Å². The third-order valence-corrected chi connectivity index (χ3v) is 6.77. The van der Waals surface area contributed by atoms with E-state index in [9.17, 15) is 0 Å². The number of benzene rings is 3. The summed E-state index contributed by atoms with van der Waals surface area (Å²) in [6.45, 7) is 0. The molecule has 0 unspecified atom stereocenters. The number of nitrogens with zero attached hydrogens (tertiary/aromatic N) is 5. The van der Waals surface area contributed by atoms with E-state index >= 15 is 0 Å². The third kappa shape index (κ3) is 3.12. The van der Waals surface area contributed by atoms with Crippen molar-refractivity contribution in [3.05, 3.63) is 82.6 Å². The monoisotopic (exact) mass is 459 g/mol. The molecular weight excluding hydrogens is 441 g/mol. The molecule has 0 radical (unpaired) electrons. The number of aromatic nitrogens is 4. The lowest BCUT2D eigenvalue weighted by atomic mass is 10.0. The lowest BCUT2D eigenvalue weighted by Gasteiger charge is -2.23. The second-order valence-electron chi connectivity index (χ2n) is 8.15. The third-order valence-electron chi connectivity index (χ3n) is 6.13. The molecule has 0 N–H and O–H groups in total. The molecule has 1 aliphatic rings. The zero-order valence-corrected chi connectivity index (χ0v) is 18.8. The van der Waals surface area contributed by atoms with Gasteiger partial charge in [-0.3, -0.25) is 0 Å². The summed E-state index contributed by atoms with van der Waals surface area (Å²) >= 11 is 13.2. The van der Waals surface area contributed by atoms with Crippen molar-refractivity contribution in [2.75, 3.05) is 11.9 Å². The Morgan fingerprint density at radius 2 is 1.69 bits per heavy atom. The predicted octanol–water partition coefficient (Wildman–Crippen LogP) is 6.90. The minimum Gasteiger partial charge on any atom is -0.327 e. The average molecular weight is 460 g/mol. The van der Waals surface area contributed by atoms with E-state index in [1.165, 1.54) is 18.4 Å². The molecule has 0 aliphatic heterocycles.